The maximum absolute atomic E-state index is 14.0. The molecule has 234 valence electrons. The predicted octanol–water partition coefficient (Wildman–Crippen LogP) is 4.48. The molecule has 16 heteroatoms. The fourth-order valence-corrected chi connectivity index (χ4v) is 4.68. The summed E-state index contributed by atoms with van der Waals surface area (Å²) in [5, 5.41) is 19.7. The van der Waals surface area contributed by atoms with Crippen LogP contribution in [-0.2, 0) is 24.2 Å². The molecule has 1 fully saturated rings. The fraction of sp³-hybridized carbons (Fsp3) is 0.429. The maximum atomic E-state index is 14.0. The summed E-state index contributed by atoms with van der Waals surface area (Å²) in [4.78, 5) is 29.4. The minimum Gasteiger partial charge on any atom is -0.447 e. The minimum atomic E-state index is -4.92. The van der Waals surface area contributed by atoms with Crippen LogP contribution >= 0.6 is 0 Å². The van der Waals surface area contributed by atoms with Crippen molar-refractivity contribution in [3.8, 4) is 5.75 Å². The smallest absolute Gasteiger partial charge is 0.447 e. The fourth-order valence-electron chi connectivity index (χ4n) is 4.68. The van der Waals surface area contributed by atoms with E-state index < -0.39 is 23.8 Å². The van der Waals surface area contributed by atoms with Crippen molar-refractivity contribution in [3.63, 3.8) is 0 Å². The number of likely N-dealkylation sites (tertiary alicyclic amines) is 1. The minimum absolute atomic E-state index is 0.0147. The van der Waals surface area contributed by atoms with Gasteiger partial charge in [-0.25, -0.2) is 9.18 Å². The molecule has 4 heterocycles. The number of hydrogen-bond donors (Lipinski definition) is 2. The number of carbonyl (C=O) groups excluding carboxylic acids is 2. The van der Waals surface area contributed by atoms with Gasteiger partial charge in [0.2, 0.25) is 0 Å². The molecule has 12 nitrogen and oxygen atoms in total. The second-order valence-electron chi connectivity index (χ2n) is 10.7. The SMILES string of the molecule is CC(C)OC(=O)N1CC(c2cc3cc(CCCCn4cc(C(=O)NCc5cc(OC(F)(F)F)ccc5F)nn4)nnc3[nH]2)C1. The number of aromatic nitrogens is 6. The molecule has 5 rings (SSSR count). The van der Waals surface area contributed by atoms with E-state index in [1.807, 2.05) is 26.0 Å². The Kier molecular flexibility index (Phi) is 8.96. The Labute approximate surface area is 248 Å². The van der Waals surface area contributed by atoms with Gasteiger partial charge in [0.15, 0.2) is 11.3 Å². The van der Waals surface area contributed by atoms with Crippen molar-refractivity contribution >= 4 is 23.0 Å². The number of nitrogens with zero attached hydrogens (tertiary/aromatic N) is 6. The van der Waals surface area contributed by atoms with Crippen molar-refractivity contribution in [2.45, 2.75) is 64.6 Å². The molecule has 0 aliphatic carbocycles. The first-order valence-corrected chi connectivity index (χ1v) is 14.0. The number of rotatable bonds is 11. The van der Waals surface area contributed by atoms with E-state index in [1.165, 1.54) is 10.9 Å². The highest BCUT2D eigenvalue weighted by Crippen LogP contribution is 2.29. The van der Waals surface area contributed by atoms with Gasteiger partial charge in [-0.1, -0.05) is 5.21 Å². The normalized spacial score (nSPS) is 13.8. The van der Waals surface area contributed by atoms with Gasteiger partial charge < -0.3 is 24.7 Å². The van der Waals surface area contributed by atoms with Gasteiger partial charge >= 0.3 is 12.5 Å². The van der Waals surface area contributed by atoms with Crippen LogP contribution in [-0.4, -0.2) is 72.6 Å². The summed E-state index contributed by atoms with van der Waals surface area (Å²) in [7, 11) is 0. The largest absolute Gasteiger partial charge is 0.573 e. The van der Waals surface area contributed by atoms with Gasteiger partial charge in [0.1, 0.15) is 11.6 Å². The van der Waals surface area contributed by atoms with Crippen LogP contribution in [0.1, 0.15) is 60.0 Å². The average molecular weight is 619 g/mol. The molecule has 0 spiro atoms. The third kappa shape index (κ3) is 7.79. The first-order chi connectivity index (χ1) is 20.9. The van der Waals surface area contributed by atoms with Gasteiger partial charge in [-0.3, -0.25) is 9.48 Å². The third-order valence-corrected chi connectivity index (χ3v) is 6.90. The van der Waals surface area contributed by atoms with Crippen molar-refractivity contribution in [3.05, 3.63) is 65.0 Å². The van der Waals surface area contributed by atoms with Crippen LogP contribution in [0, 0.1) is 5.82 Å². The van der Waals surface area contributed by atoms with Crippen molar-refractivity contribution in [1.29, 1.82) is 0 Å². The summed E-state index contributed by atoms with van der Waals surface area (Å²) >= 11 is 0. The van der Waals surface area contributed by atoms with Gasteiger partial charge in [-0.2, -0.15) is 5.10 Å². The molecule has 4 aromatic rings. The molecule has 1 aliphatic heterocycles. The van der Waals surface area contributed by atoms with Gasteiger partial charge in [-0.05, 0) is 63.4 Å². The number of aryl methyl sites for hydroxylation is 2. The molecule has 2 amide bonds. The molecule has 0 unspecified atom stereocenters. The molecule has 0 bridgehead atoms. The Balaban J connectivity index is 1.06. The number of halogens is 4. The lowest BCUT2D eigenvalue weighted by atomic mass is 9.97. The number of benzene rings is 1. The van der Waals surface area contributed by atoms with Crippen molar-refractivity contribution in [1.82, 2.24) is 40.4 Å². The average Bonchev–Trinajstić information content (AvgIpc) is 3.56. The highest BCUT2D eigenvalue weighted by Gasteiger charge is 2.34. The van der Waals surface area contributed by atoms with Gasteiger partial charge in [0.05, 0.1) is 18.0 Å². The number of carbonyl (C=O) groups is 2. The van der Waals surface area contributed by atoms with Gasteiger partial charge in [0.25, 0.3) is 5.91 Å². The molecule has 0 radical (unpaired) electrons. The molecule has 2 N–H and O–H groups in total. The second-order valence-corrected chi connectivity index (χ2v) is 10.7. The number of nitrogens with one attached hydrogen (secondary N) is 2. The lowest BCUT2D eigenvalue weighted by Crippen LogP contribution is -2.49. The van der Waals surface area contributed by atoms with E-state index in [2.05, 4.69) is 35.5 Å². The van der Waals surface area contributed by atoms with E-state index in [0.717, 1.165) is 41.4 Å². The first kappa shape index (κ1) is 30.7. The predicted molar refractivity (Wildman–Crippen MR) is 147 cm³/mol. The van der Waals surface area contributed by atoms with Crippen molar-refractivity contribution in [2.75, 3.05) is 13.1 Å². The zero-order valence-electron chi connectivity index (χ0n) is 23.9. The standard InChI is InChI=1S/C28H30F4N8O4/c1-16(2)43-27(42)39-13-19(14-39)23-11-17-9-20(35-37-25(17)34-23)5-3-4-8-40-15-24(36-38-40)26(41)33-12-18-10-21(6-7-22(18)29)44-28(30,31)32/h6-7,9-11,15-16,19H,3-5,8,12-14H2,1-2H3,(H,33,41)(H,34,37). The number of unbranched alkanes of at least 4 members (excludes halogenated alkanes) is 1. The first-order valence-electron chi connectivity index (χ1n) is 14.0. The summed E-state index contributed by atoms with van der Waals surface area (Å²) in [6.07, 6.45) is -1.79. The van der Waals surface area contributed by atoms with Gasteiger partial charge in [0, 0.05) is 48.7 Å². The Hall–Kier alpha value is -4.76. The van der Waals surface area contributed by atoms with E-state index >= 15 is 0 Å². The highest BCUT2D eigenvalue weighted by molar-refractivity contribution is 5.91. The zero-order valence-corrected chi connectivity index (χ0v) is 23.9. The lowest BCUT2D eigenvalue weighted by Gasteiger charge is -2.38. The Morgan fingerprint density at radius 1 is 1.11 bits per heavy atom. The number of alkyl halides is 3. The Morgan fingerprint density at radius 2 is 1.91 bits per heavy atom. The topological polar surface area (TPSA) is 140 Å². The second kappa shape index (κ2) is 12.9. The molecule has 0 atom stereocenters. The summed E-state index contributed by atoms with van der Waals surface area (Å²) in [5.74, 6) is -1.85. The van der Waals surface area contributed by atoms with E-state index in [4.69, 9.17) is 4.74 Å². The van der Waals surface area contributed by atoms with Crippen molar-refractivity contribution in [2.24, 2.45) is 0 Å². The maximum Gasteiger partial charge on any atom is 0.573 e. The number of hydrogen-bond acceptors (Lipinski definition) is 8. The Bertz CT molecular complexity index is 1630. The van der Waals surface area contributed by atoms with Gasteiger partial charge in [-0.15, -0.1) is 23.4 Å². The number of fused-ring (bicyclic) bond motifs is 1. The number of H-pyrrole nitrogens is 1. The van der Waals surface area contributed by atoms with Crippen LogP contribution in [0.4, 0.5) is 22.4 Å². The summed E-state index contributed by atoms with van der Waals surface area (Å²) in [6, 6.07) is 6.56. The number of aromatic amines is 1. The van der Waals surface area contributed by atoms with E-state index in [-0.39, 0.29) is 35.9 Å². The molecule has 0 saturated carbocycles. The number of ether oxygens (including phenoxy) is 2. The van der Waals surface area contributed by atoms with E-state index in [9.17, 15) is 27.2 Å². The van der Waals surface area contributed by atoms with Crippen molar-refractivity contribution < 1.29 is 36.6 Å². The third-order valence-electron chi connectivity index (χ3n) is 6.90. The van der Waals surface area contributed by atoms with Crippen LogP contribution in [0.3, 0.4) is 0 Å². The summed E-state index contributed by atoms with van der Waals surface area (Å²) in [6.45, 7) is 4.91. The zero-order chi connectivity index (χ0) is 31.4. The van der Waals surface area contributed by atoms with Crippen LogP contribution in [0.5, 0.6) is 5.75 Å². The molecular formula is C28H30F4N8O4. The van der Waals surface area contributed by atoms with Crippen LogP contribution in [0.15, 0.2) is 36.5 Å². The number of amides is 2. The van der Waals surface area contributed by atoms with Crippen LogP contribution in [0.2, 0.25) is 0 Å². The summed E-state index contributed by atoms with van der Waals surface area (Å²) < 4.78 is 61.8. The molecule has 1 aliphatic rings. The summed E-state index contributed by atoms with van der Waals surface area (Å²) in [5.41, 5.74) is 2.32. The highest BCUT2D eigenvalue weighted by atomic mass is 19.4. The Morgan fingerprint density at radius 3 is 2.66 bits per heavy atom. The van der Waals surface area contributed by atoms with Crippen LogP contribution < -0.4 is 10.1 Å². The lowest BCUT2D eigenvalue weighted by molar-refractivity contribution is -0.274. The van der Waals surface area contributed by atoms with E-state index in [1.54, 1.807) is 4.90 Å². The monoisotopic (exact) mass is 618 g/mol. The molecule has 1 saturated heterocycles. The molecule has 44 heavy (non-hydrogen) atoms. The quantitative estimate of drug-likeness (QED) is 0.185. The van der Waals surface area contributed by atoms with E-state index in [0.29, 0.717) is 38.1 Å². The molecular weight excluding hydrogens is 588 g/mol. The molecule has 1 aromatic carbocycles. The van der Waals surface area contributed by atoms with Crippen LogP contribution in [0.25, 0.3) is 11.0 Å². The molecule has 3 aromatic heterocycles.